The molecule has 300 valence electrons. The molecular formula is C45H39F3N6O5. The third-order valence-electron chi connectivity index (χ3n) is 11.8. The van der Waals surface area contributed by atoms with Gasteiger partial charge in [-0.1, -0.05) is 29.5 Å². The molecule has 0 saturated carbocycles. The van der Waals surface area contributed by atoms with Crippen molar-refractivity contribution in [3.05, 3.63) is 117 Å². The number of aromatic nitrogens is 3. The number of carboxylic acids is 1. The number of alkyl halides is 3. The Morgan fingerprint density at radius 3 is 2.41 bits per heavy atom. The molecule has 5 aromatic rings. The summed E-state index contributed by atoms with van der Waals surface area (Å²) in [4.78, 5) is 58.3. The predicted octanol–water partition coefficient (Wildman–Crippen LogP) is 7.40. The van der Waals surface area contributed by atoms with E-state index < -0.39 is 29.1 Å². The topological polar surface area (TPSA) is 129 Å². The molecule has 0 spiro atoms. The fourth-order valence-electron chi connectivity index (χ4n) is 9.23. The van der Waals surface area contributed by atoms with Gasteiger partial charge in [-0.3, -0.25) is 24.0 Å². The molecule has 4 aliphatic rings. The standard InChI is InChI=1S/C45H39F3N6O5/c1-51(2)37-14-13-33-39-30(37)8-3-9-32(39)42(56)54(43(33)57)18-6-17-53-24-36(49-50-53)27-19-25(20-28(21-27)44(58)59)11-12-31-38(55)23-34-29-10-5-16-52-15-4-7-26(41(29)52)22-35(34)40(31)45(46,47)48/h3,8-9,11-14,19-22,24H,4-7,10,15-18,23H2,1-2H3,(H,58,59)/b12-11+. The SMILES string of the molecule is CN(C)c1ccc2c3c(cccc13)C(=O)N(CCCn1cc(-c3cc(/C=C/C4=C(C(F)(F)F)c5cc6c7c(c5CC4=O)CCCN7CCC6)cc(C(=O)O)c3)nn1)C2=O. The lowest BCUT2D eigenvalue weighted by atomic mass is 9.77. The second kappa shape index (κ2) is 14.4. The molecule has 0 fully saturated rings. The molecule has 0 atom stereocenters. The number of anilines is 2. The summed E-state index contributed by atoms with van der Waals surface area (Å²) in [6.45, 7) is 2.09. The summed E-state index contributed by atoms with van der Waals surface area (Å²) < 4.78 is 46.4. The van der Waals surface area contributed by atoms with Crippen molar-refractivity contribution in [3.63, 3.8) is 0 Å². The van der Waals surface area contributed by atoms with Gasteiger partial charge in [0.15, 0.2) is 5.78 Å². The van der Waals surface area contributed by atoms with Gasteiger partial charge in [0.2, 0.25) is 0 Å². The number of halogens is 3. The molecule has 0 radical (unpaired) electrons. The first-order valence-corrected chi connectivity index (χ1v) is 19.6. The van der Waals surface area contributed by atoms with Crippen LogP contribution >= 0.6 is 0 Å². The van der Waals surface area contributed by atoms with E-state index in [1.807, 2.05) is 31.1 Å². The zero-order valence-corrected chi connectivity index (χ0v) is 32.4. The van der Waals surface area contributed by atoms with E-state index >= 15 is 0 Å². The van der Waals surface area contributed by atoms with Crippen molar-refractivity contribution in [2.45, 2.75) is 51.2 Å². The Labute approximate surface area is 337 Å². The lowest BCUT2D eigenvalue weighted by molar-refractivity contribution is -0.115. The number of carbonyl (C=O) groups excluding carboxylic acids is 3. The van der Waals surface area contributed by atoms with Gasteiger partial charge in [-0.2, -0.15) is 13.2 Å². The molecule has 3 aliphatic heterocycles. The molecule has 1 N–H and O–H groups in total. The van der Waals surface area contributed by atoms with Gasteiger partial charge in [-0.05, 0) is 102 Å². The van der Waals surface area contributed by atoms with Crippen LogP contribution in [-0.2, 0) is 30.6 Å². The van der Waals surface area contributed by atoms with Gasteiger partial charge in [0.25, 0.3) is 11.8 Å². The minimum absolute atomic E-state index is 0.0561. The van der Waals surface area contributed by atoms with Crippen LogP contribution in [0.15, 0.2) is 72.4 Å². The van der Waals surface area contributed by atoms with Crippen molar-refractivity contribution in [2.75, 3.05) is 43.5 Å². The van der Waals surface area contributed by atoms with Gasteiger partial charge >= 0.3 is 12.1 Å². The van der Waals surface area contributed by atoms with Gasteiger partial charge in [0.1, 0.15) is 5.69 Å². The highest BCUT2D eigenvalue weighted by Gasteiger charge is 2.44. The molecular weight excluding hydrogens is 762 g/mol. The Morgan fingerprint density at radius 2 is 1.66 bits per heavy atom. The second-order valence-electron chi connectivity index (χ2n) is 15.7. The number of carboxylic acid groups (broad SMARTS) is 1. The van der Waals surface area contributed by atoms with Crippen LogP contribution in [-0.4, -0.2) is 88.5 Å². The van der Waals surface area contributed by atoms with Crippen LogP contribution in [0.25, 0.3) is 33.7 Å². The van der Waals surface area contributed by atoms with E-state index in [1.54, 1.807) is 36.5 Å². The van der Waals surface area contributed by atoms with E-state index in [4.69, 9.17) is 0 Å². The highest BCUT2D eigenvalue weighted by Crippen LogP contribution is 2.48. The van der Waals surface area contributed by atoms with E-state index in [-0.39, 0.29) is 48.0 Å². The Balaban J connectivity index is 0.968. The summed E-state index contributed by atoms with van der Waals surface area (Å²) in [5, 5.41) is 19.8. The van der Waals surface area contributed by atoms with Crippen LogP contribution in [0.4, 0.5) is 24.5 Å². The summed E-state index contributed by atoms with van der Waals surface area (Å²) in [6.07, 6.45) is 2.43. The highest BCUT2D eigenvalue weighted by molar-refractivity contribution is 6.26. The maximum absolute atomic E-state index is 15.0. The van der Waals surface area contributed by atoms with Gasteiger partial charge in [0.05, 0.1) is 17.3 Å². The molecule has 1 aliphatic carbocycles. The number of nitrogens with zero attached hydrogens (tertiary/aromatic N) is 6. The average molecular weight is 801 g/mol. The molecule has 0 bridgehead atoms. The maximum atomic E-state index is 15.0. The summed E-state index contributed by atoms with van der Waals surface area (Å²) in [5.74, 6) is -2.67. The van der Waals surface area contributed by atoms with Crippen LogP contribution < -0.4 is 9.80 Å². The minimum atomic E-state index is -4.82. The van der Waals surface area contributed by atoms with Gasteiger partial charge in [0, 0.05) is 91.1 Å². The van der Waals surface area contributed by atoms with E-state index in [1.165, 1.54) is 27.8 Å². The maximum Gasteiger partial charge on any atom is 0.417 e. The normalized spacial score (nSPS) is 16.3. The molecule has 9 rings (SSSR count). The number of allylic oxidation sites excluding steroid dienone is 3. The first kappa shape index (κ1) is 38.0. The summed E-state index contributed by atoms with van der Waals surface area (Å²) in [6, 6.07) is 14.9. The number of aryl methyl sites for hydroxylation is 2. The van der Waals surface area contributed by atoms with Gasteiger partial charge in [-0.15, -0.1) is 5.10 Å². The lowest BCUT2D eigenvalue weighted by Gasteiger charge is -2.39. The highest BCUT2D eigenvalue weighted by atomic mass is 19.4. The molecule has 0 unspecified atom stereocenters. The Kier molecular flexibility index (Phi) is 9.24. The van der Waals surface area contributed by atoms with Crippen LogP contribution in [0.3, 0.4) is 0 Å². The largest absolute Gasteiger partial charge is 0.478 e. The average Bonchev–Trinajstić information content (AvgIpc) is 3.69. The third kappa shape index (κ3) is 6.56. The monoisotopic (exact) mass is 800 g/mol. The molecule has 4 heterocycles. The fraction of sp³-hybridized carbons (Fsp3) is 0.289. The number of amides is 2. The van der Waals surface area contributed by atoms with Crippen LogP contribution in [0.5, 0.6) is 0 Å². The summed E-state index contributed by atoms with van der Waals surface area (Å²) >= 11 is 0. The predicted molar refractivity (Wildman–Crippen MR) is 217 cm³/mol. The Morgan fingerprint density at radius 1 is 0.898 bits per heavy atom. The van der Waals surface area contributed by atoms with Crippen molar-refractivity contribution in [3.8, 4) is 11.3 Å². The van der Waals surface area contributed by atoms with Gasteiger partial charge < -0.3 is 14.9 Å². The van der Waals surface area contributed by atoms with Crippen molar-refractivity contribution in [1.82, 2.24) is 19.9 Å². The zero-order chi connectivity index (χ0) is 41.3. The van der Waals surface area contributed by atoms with Crippen LogP contribution in [0, 0.1) is 0 Å². The van der Waals surface area contributed by atoms with Crippen LogP contribution in [0.2, 0.25) is 0 Å². The number of imide groups is 1. The number of rotatable bonds is 9. The number of ketones is 1. The van der Waals surface area contributed by atoms with E-state index in [9.17, 15) is 37.5 Å². The molecule has 11 nitrogen and oxygen atoms in total. The quantitative estimate of drug-likeness (QED) is 0.152. The third-order valence-corrected chi connectivity index (χ3v) is 11.8. The number of benzene rings is 4. The van der Waals surface area contributed by atoms with E-state index in [0.717, 1.165) is 59.9 Å². The minimum Gasteiger partial charge on any atom is -0.478 e. The zero-order valence-electron chi connectivity index (χ0n) is 32.4. The van der Waals surface area contributed by atoms with Crippen LogP contribution in [0.1, 0.15) is 78.2 Å². The molecule has 0 saturated heterocycles. The molecule has 59 heavy (non-hydrogen) atoms. The number of hydrogen-bond acceptors (Lipinski definition) is 8. The van der Waals surface area contributed by atoms with E-state index in [0.29, 0.717) is 52.6 Å². The number of fused-ring (bicyclic) bond motifs is 2. The molecule has 14 heteroatoms. The smallest absolute Gasteiger partial charge is 0.417 e. The van der Waals surface area contributed by atoms with E-state index in [2.05, 4.69) is 15.2 Å². The van der Waals surface area contributed by atoms with Crippen molar-refractivity contribution < 1.29 is 37.5 Å². The molecule has 1 aromatic heterocycles. The Bertz CT molecular complexity index is 2690. The molecule has 2 amide bonds. The van der Waals surface area contributed by atoms with Crippen molar-refractivity contribution in [2.24, 2.45) is 0 Å². The lowest BCUT2D eigenvalue weighted by Crippen LogP contribution is -2.41. The number of hydrogen-bond donors (Lipinski definition) is 1. The second-order valence-corrected chi connectivity index (χ2v) is 15.7. The molecule has 4 aromatic carbocycles. The number of carbonyl (C=O) groups is 4. The number of aromatic carboxylic acids is 1. The fourth-order valence-corrected chi connectivity index (χ4v) is 9.23. The van der Waals surface area contributed by atoms with Crippen molar-refractivity contribution in [1.29, 1.82) is 0 Å². The van der Waals surface area contributed by atoms with Crippen molar-refractivity contribution >= 4 is 57.4 Å². The first-order chi connectivity index (χ1) is 28.3. The number of Topliss-reactive ketones (excluding diaryl/α,β-unsaturated/α-hetero) is 1. The Hall–Kier alpha value is -6.57. The van der Waals surface area contributed by atoms with Gasteiger partial charge in [-0.25, -0.2) is 4.79 Å². The summed E-state index contributed by atoms with van der Waals surface area (Å²) in [7, 11) is 3.80. The first-order valence-electron chi connectivity index (χ1n) is 19.6. The summed E-state index contributed by atoms with van der Waals surface area (Å²) in [5.41, 5.74) is 4.40.